The van der Waals surface area contributed by atoms with Gasteiger partial charge in [0.2, 0.25) is 0 Å². The maximum Gasteiger partial charge on any atom is 0.0992 e. The van der Waals surface area contributed by atoms with Gasteiger partial charge >= 0.3 is 0 Å². The number of benzene rings is 1. The Labute approximate surface area is 101 Å². The van der Waals surface area contributed by atoms with E-state index in [2.05, 4.69) is 13.0 Å². The molecular weight excluding hydrogens is 218 g/mol. The minimum absolute atomic E-state index is 0.475. The molecule has 0 aliphatic rings. The fourth-order valence-corrected chi connectivity index (χ4v) is 2.67. The van der Waals surface area contributed by atoms with Crippen LogP contribution in [-0.4, -0.2) is 10.9 Å². The molecule has 3 heteroatoms. The lowest BCUT2D eigenvalue weighted by atomic mass is 10.1. The third kappa shape index (κ3) is 3.55. The van der Waals surface area contributed by atoms with E-state index in [0.29, 0.717) is 5.56 Å². The van der Waals surface area contributed by atoms with Crippen molar-refractivity contribution in [1.29, 1.82) is 5.26 Å². The van der Waals surface area contributed by atoms with Gasteiger partial charge in [0.05, 0.1) is 17.7 Å². The molecule has 0 radical (unpaired) electrons. The minimum atomic E-state index is -0.475. The van der Waals surface area contributed by atoms with Gasteiger partial charge in [-0.15, -0.1) is 11.8 Å². The van der Waals surface area contributed by atoms with Crippen LogP contribution in [-0.2, 0) is 0 Å². The van der Waals surface area contributed by atoms with Crippen molar-refractivity contribution in [3.63, 3.8) is 0 Å². The van der Waals surface area contributed by atoms with E-state index in [1.165, 1.54) is 0 Å². The number of nitriles is 1. The Bertz CT molecular complexity index is 382. The summed E-state index contributed by atoms with van der Waals surface area (Å²) < 4.78 is 0. The Morgan fingerprint density at radius 2 is 2.25 bits per heavy atom. The predicted molar refractivity (Wildman–Crippen MR) is 67.4 cm³/mol. The number of rotatable bonds is 5. The molecule has 1 N–H and O–H groups in total. The molecule has 1 rings (SSSR count). The average molecular weight is 235 g/mol. The minimum Gasteiger partial charge on any atom is -0.389 e. The lowest BCUT2D eigenvalue weighted by molar-refractivity contribution is 0.196. The summed E-state index contributed by atoms with van der Waals surface area (Å²) in [5.74, 6) is 1.03. The van der Waals surface area contributed by atoms with Crippen LogP contribution in [0.4, 0.5) is 0 Å². The average Bonchev–Trinajstić information content (AvgIpc) is 2.29. The molecule has 16 heavy (non-hydrogen) atoms. The summed E-state index contributed by atoms with van der Waals surface area (Å²) in [6.45, 7) is 3.91. The molecule has 0 saturated heterocycles. The van der Waals surface area contributed by atoms with Gasteiger partial charge in [0, 0.05) is 4.90 Å². The molecule has 0 aliphatic heterocycles. The van der Waals surface area contributed by atoms with Crippen molar-refractivity contribution in [3.8, 4) is 6.07 Å². The summed E-state index contributed by atoms with van der Waals surface area (Å²) in [7, 11) is 0. The lowest BCUT2D eigenvalue weighted by Crippen LogP contribution is -1.95. The standard InChI is InChI=1S/C13H17NOS/c1-3-4-7-16-13-8-11(9-14)5-6-12(13)10(2)15/h5-6,8,10,15H,3-4,7H2,1-2H3. The zero-order valence-electron chi connectivity index (χ0n) is 9.73. The molecule has 0 bridgehead atoms. The summed E-state index contributed by atoms with van der Waals surface area (Å²) in [5.41, 5.74) is 1.57. The molecule has 0 fully saturated rings. The van der Waals surface area contributed by atoms with Crippen LogP contribution in [0.5, 0.6) is 0 Å². The normalized spacial score (nSPS) is 12.1. The van der Waals surface area contributed by atoms with Gasteiger partial charge in [-0.25, -0.2) is 0 Å². The molecule has 1 aromatic carbocycles. The Morgan fingerprint density at radius 3 is 2.81 bits per heavy atom. The van der Waals surface area contributed by atoms with Crippen LogP contribution >= 0.6 is 11.8 Å². The van der Waals surface area contributed by atoms with E-state index in [9.17, 15) is 5.11 Å². The summed E-state index contributed by atoms with van der Waals surface area (Å²) in [4.78, 5) is 1.03. The second-order valence-electron chi connectivity index (χ2n) is 3.74. The third-order valence-corrected chi connectivity index (χ3v) is 3.51. The van der Waals surface area contributed by atoms with E-state index in [1.54, 1.807) is 24.8 Å². The van der Waals surface area contributed by atoms with Gasteiger partial charge in [-0.2, -0.15) is 5.26 Å². The summed E-state index contributed by atoms with van der Waals surface area (Å²) >= 11 is 1.72. The second-order valence-corrected chi connectivity index (χ2v) is 4.88. The van der Waals surface area contributed by atoms with Crippen molar-refractivity contribution in [2.75, 3.05) is 5.75 Å². The van der Waals surface area contributed by atoms with Gasteiger partial charge in [-0.05, 0) is 36.8 Å². The molecule has 0 aliphatic carbocycles. The van der Waals surface area contributed by atoms with Gasteiger partial charge in [-0.1, -0.05) is 19.4 Å². The molecule has 0 saturated carbocycles. The maximum atomic E-state index is 9.63. The van der Waals surface area contributed by atoms with Crippen LogP contribution in [0.15, 0.2) is 23.1 Å². The van der Waals surface area contributed by atoms with Crippen molar-refractivity contribution >= 4 is 11.8 Å². The number of hydrogen-bond donors (Lipinski definition) is 1. The summed E-state index contributed by atoms with van der Waals surface area (Å²) in [6.07, 6.45) is 1.84. The van der Waals surface area contributed by atoms with Gasteiger partial charge < -0.3 is 5.11 Å². The molecule has 0 aromatic heterocycles. The van der Waals surface area contributed by atoms with Crippen molar-refractivity contribution in [2.45, 2.75) is 37.7 Å². The molecular formula is C13H17NOS. The van der Waals surface area contributed by atoms with Gasteiger partial charge in [-0.3, -0.25) is 0 Å². The fraction of sp³-hybridized carbons (Fsp3) is 0.462. The van der Waals surface area contributed by atoms with E-state index < -0.39 is 6.10 Å². The van der Waals surface area contributed by atoms with Crippen molar-refractivity contribution in [1.82, 2.24) is 0 Å². The molecule has 1 unspecified atom stereocenters. The predicted octanol–water partition coefficient (Wildman–Crippen LogP) is 3.50. The first kappa shape index (κ1) is 13.1. The topological polar surface area (TPSA) is 44.0 Å². The quantitative estimate of drug-likeness (QED) is 0.627. The number of aliphatic hydroxyl groups excluding tert-OH is 1. The number of thioether (sulfide) groups is 1. The van der Waals surface area contributed by atoms with Crippen LogP contribution in [0.1, 0.15) is 43.9 Å². The highest BCUT2D eigenvalue weighted by atomic mass is 32.2. The van der Waals surface area contributed by atoms with Crippen LogP contribution < -0.4 is 0 Å². The number of aliphatic hydroxyl groups is 1. The zero-order chi connectivity index (χ0) is 12.0. The Kier molecular flexibility index (Phi) is 5.37. The summed E-state index contributed by atoms with van der Waals surface area (Å²) in [6, 6.07) is 7.59. The van der Waals surface area contributed by atoms with Crippen LogP contribution in [0.2, 0.25) is 0 Å². The van der Waals surface area contributed by atoms with E-state index in [1.807, 2.05) is 12.1 Å². The van der Waals surface area contributed by atoms with Gasteiger partial charge in [0.25, 0.3) is 0 Å². The van der Waals surface area contributed by atoms with Crippen molar-refractivity contribution in [2.24, 2.45) is 0 Å². The number of nitrogens with zero attached hydrogens (tertiary/aromatic N) is 1. The molecule has 0 amide bonds. The molecule has 1 aromatic rings. The lowest BCUT2D eigenvalue weighted by Gasteiger charge is -2.11. The number of hydrogen-bond acceptors (Lipinski definition) is 3. The molecule has 86 valence electrons. The van der Waals surface area contributed by atoms with Crippen molar-refractivity contribution in [3.05, 3.63) is 29.3 Å². The maximum absolute atomic E-state index is 9.63. The first-order valence-corrected chi connectivity index (χ1v) is 6.52. The zero-order valence-corrected chi connectivity index (χ0v) is 10.5. The van der Waals surface area contributed by atoms with Crippen LogP contribution in [0.25, 0.3) is 0 Å². The van der Waals surface area contributed by atoms with E-state index in [0.717, 1.165) is 29.1 Å². The highest BCUT2D eigenvalue weighted by molar-refractivity contribution is 7.99. The molecule has 0 heterocycles. The molecule has 0 spiro atoms. The Hall–Kier alpha value is -0.980. The highest BCUT2D eigenvalue weighted by Crippen LogP contribution is 2.29. The third-order valence-electron chi connectivity index (χ3n) is 2.35. The van der Waals surface area contributed by atoms with E-state index in [-0.39, 0.29) is 0 Å². The Morgan fingerprint density at radius 1 is 1.50 bits per heavy atom. The molecule has 2 nitrogen and oxygen atoms in total. The monoisotopic (exact) mass is 235 g/mol. The largest absolute Gasteiger partial charge is 0.389 e. The van der Waals surface area contributed by atoms with E-state index >= 15 is 0 Å². The first-order valence-electron chi connectivity index (χ1n) is 5.54. The van der Waals surface area contributed by atoms with E-state index in [4.69, 9.17) is 5.26 Å². The highest BCUT2D eigenvalue weighted by Gasteiger charge is 2.09. The van der Waals surface area contributed by atoms with Crippen molar-refractivity contribution < 1.29 is 5.11 Å². The smallest absolute Gasteiger partial charge is 0.0992 e. The molecule has 1 atom stereocenters. The van der Waals surface area contributed by atoms with Crippen LogP contribution in [0, 0.1) is 11.3 Å². The second kappa shape index (κ2) is 6.57. The fourth-order valence-electron chi connectivity index (χ4n) is 1.40. The summed E-state index contributed by atoms with van der Waals surface area (Å²) in [5, 5.41) is 18.5. The van der Waals surface area contributed by atoms with Gasteiger partial charge in [0.1, 0.15) is 0 Å². The van der Waals surface area contributed by atoms with Crippen LogP contribution in [0.3, 0.4) is 0 Å². The first-order chi connectivity index (χ1) is 7.69. The van der Waals surface area contributed by atoms with Gasteiger partial charge in [0.15, 0.2) is 0 Å². The SMILES string of the molecule is CCCCSc1cc(C#N)ccc1C(C)O. The number of unbranched alkanes of at least 4 members (excludes halogenated alkanes) is 1. The Balaban J connectivity index is 2.88.